The third-order valence-electron chi connectivity index (χ3n) is 5.64. The smallest absolute Gasteiger partial charge is 0.273 e. The van der Waals surface area contributed by atoms with Crippen molar-refractivity contribution in [1.82, 2.24) is 14.9 Å². The molecule has 3 heterocycles. The van der Waals surface area contributed by atoms with Gasteiger partial charge in [-0.1, -0.05) is 18.2 Å². The first-order chi connectivity index (χ1) is 15.5. The molecule has 4 rings (SSSR count). The van der Waals surface area contributed by atoms with Crippen molar-refractivity contribution in [2.24, 2.45) is 5.73 Å². The van der Waals surface area contributed by atoms with Crippen LogP contribution in [0, 0.1) is 11.3 Å². The molecule has 0 saturated carbocycles. The van der Waals surface area contributed by atoms with Crippen LogP contribution in [0.15, 0.2) is 34.4 Å². The van der Waals surface area contributed by atoms with Crippen LogP contribution in [-0.4, -0.2) is 52.0 Å². The molecule has 1 fully saturated rings. The van der Waals surface area contributed by atoms with Crippen LogP contribution in [0.1, 0.15) is 35.8 Å². The first-order valence-corrected chi connectivity index (χ1v) is 11.4. The van der Waals surface area contributed by atoms with Gasteiger partial charge in [0.1, 0.15) is 10.9 Å². The first kappa shape index (κ1) is 22.4. The van der Waals surface area contributed by atoms with Gasteiger partial charge in [-0.2, -0.15) is 5.26 Å². The highest BCUT2D eigenvalue weighted by molar-refractivity contribution is 7.17. The van der Waals surface area contributed by atoms with Crippen LogP contribution in [0.5, 0.6) is 0 Å². The number of aliphatic hydroxyl groups excluding tert-OH is 2. The highest BCUT2D eigenvalue weighted by Crippen LogP contribution is 2.29. The van der Waals surface area contributed by atoms with Gasteiger partial charge in [0.25, 0.3) is 5.56 Å². The number of aromatic nitrogens is 2. The molecule has 1 unspecified atom stereocenters. The van der Waals surface area contributed by atoms with Crippen LogP contribution < -0.4 is 21.5 Å². The summed E-state index contributed by atoms with van der Waals surface area (Å²) in [5.41, 5.74) is 8.18. The Hall–Kier alpha value is -2.81. The Morgan fingerprint density at radius 2 is 2.22 bits per heavy atom. The van der Waals surface area contributed by atoms with Crippen molar-refractivity contribution in [3.63, 3.8) is 0 Å². The molecule has 0 aliphatic carbocycles. The van der Waals surface area contributed by atoms with Gasteiger partial charge in [-0.3, -0.25) is 14.7 Å². The van der Waals surface area contributed by atoms with E-state index >= 15 is 0 Å². The lowest BCUT2D eigenvalue weighted by Gasteiger charge is -2.33. The Morgan fingerprint density at radius 3 is 2.97 bits per heavy atom. The van der Waals surface area contributed by atoms with Crippen LogP contribution in [0.25, 0.3) is 10.2 Å². The molecule has 0 spiro atoms. The summed E-state index contributed by atoms with van der Waals surface area (Å²) in [4.78, 5) is 20.4. The van der Waals surface area contributed by atoms with Gasteiger partial charge in [-0.15, -0.1) is 11.3 Å². The van der Waals surface area contributed by atoms with Gasteiger partial charge in [0.05, 0.1) is 30.3 Å². The zero-order valence-electron chi connectivity index (χ0n) is 17.6. The number of fused-ring (bicyclic) bond motifs is 1. The number of piperidine rings is 1. The van der Waals surface area contributed by atoms with Crippen LogP contribution in [0.3, 0.4) is 0 Å². The van der Waals surface area contributed by atoms with E-state index in [2.05, 4.69) is 11.4 Å². The predicted molar refractivity (Wildman–Crippen MR) is 124 cm³/mol. The van der Waals surface area contributed by atoms with Gasteiger partial charge in [0, 0.05) is 36.6 Å². The lowest BCUT2D eigenvalue weighted by Crippen LogP contribution is -2.45. The summed E-state index contributed by atoms with van der Waals surface area (Å²) in [5.74, 6) is 0.486. The fourth-order valence-corrected chi connectivity index (χ4v) is 5.00. The van der Waals surface area contributed by atoms with Gasteiger partial charge in [0.2, 0.25) is 5.95 Å². The highest BCUT2D eigenvalue weighted by Gasteiger charge is 2.25. The number of rotatable bonds is 7. The Labute approximate surface area is 189 Å². The molecule has 2 aromatic heterocycles. The molecule has 0 amide bonds. The molecule has 0 bridgehead atoms. The van der Waals surface area contributed by atoms with E-state index in [4.69, 9.17) is 15.8 Å². The fraction of sp³-hybridized carbons (Fsp3) is 0.409. The van der Waals surface area contributed by atoms with Crippen LogP contribution >= 0.6 is 11.3 Å². The van der Waals surface area contributed by atoms with E-state index in [1.54, 1.807) is 22.1 Å². The molecule has 10 heteroatoms. The van der Waals surface area contributed by atoms with Crippen molar-refractivity contribution in [1.29, 1.82) is 5.26 Å². The highest BCUT2D eigenvalue weighted by atomic mass is 32.1. The van der Waals surface area contributed by atoms with Crippen LogP contribution in [-0.2, 0) is 6.54 Å². The molecule has 9 nitrogen and oxygen atoms in total. The SMILES string of the molecule is N#Cc1ccccc1Cn1c(N2CCC[C@@H](N)C2)nc2c(C(O)NCCO)csc2c1=O. The van der Waals surface area contributed by atoms with Crippen molar-refractivity contribution in [3.05, 3.63) is 56.7 Å². The molecule has 0 radical (unpaired) electrons. The van der Waals surface area contributed by atoms with E-state index in [1.165, 1.54) is 11.3 Å². The second kappa shape index (κ2) is 9.77. The maximum Gasteiger partial charge on any atom is 0.273 e. The van der Waals surface area contributed by atoms with Crippen molar-refractivity contribution in [2.45, 2.75) is 31.7 Å². The number of nitrogens with zero attached hydrogens (tertiary/aromatic N) is 4. The van der Waals surface area contributed by atoms with Crippen LogP contribution in [0.2, 0.25) is 0 Å². The fourth-order valence-electron chi connectivity index (χ4n) is 4.02. The first-order valence-electron chi connectivity index (χ1n) is 10.6. The number of nitrogens with one attached hydrogen (secondary N) is 1. The van der Waals surface area contributed by atoms with E-state index in [1.807, 2.05) is 17.0 Å². The van der Waals surface area contributed by atoms with Crippen LogP contribution in [0.4, 0.5) is 5.95 Å². The summed E-state index contributed by atoms with van der Waals surface area (Å²) in [6, 6.07) is 9.38. The third kappa shape index (κ3) is 4.39. The molecular weight excluding hydrogens is 428 g/mol. The van der Waals surface area contributed by atoms with E-state index in [0.717, 1.165) is 24.9 Å². The Morgan fingerprint density at radius 1 is 1.41 bits per heavy atom. The summed E-state index contributed by atoms with van der Waals surface area (Å²) in [7, 11) is 0. The summed E-state index contributed by atoms with van der Waals surface area (Å²) in [5, 5.41) is 33.6. The maximum absolute atomic E-state index is 13.6. The summed E-state index contributed by atoms with van der Waals surface area (Å²) >= 11 is 1.23. The molecule has 1 saturated heterocycles. The number of nitriles is 1. The molecular formula is C22H26N6O3S. The van der Waals surface area contributed by atoms with E-state index in [9.17, 15) is 15.2 Å². The maximum atomic E-state index is 13.6. The largest absolute Gasteiger partial charge is 0.395 e. The average Bonchev–Trinajstić information content (AvgIpc) is 3.24. The minimum atomic E-state index is -1.05. The number of hydrogen-bond donors (Lipinski definition) is 4. The quantitative estimate of drug-likeness (QED) is 0.386. The zero-order chi connectivity index (χ0) is 22.7. The van der Waals surface area contributed by atoms with Gasteiger partial charge >= 0.3 is 0 Å². The number of nitrogens with two attached hydrogens (primary N) is 1. The van der Waals surface area contributed by atoms with E-state index < -0.39 is 6.23 Å². The molecule has 1 aliphatic rings. The number of anilines is 1. The van der Waals surface area contributed by atoms with Crippen molar-refractivity contribution in [3.8, 4) is 6.07 Å². The Balaban J connectivity index is 1.86. The summed E-state index contributed by atoms with van der Waals surface area (Å²) < 4.78 is 2.04. The zero-order valence-corrected chi connectivity index (χ0v) is 18.4. The van der Waals surface area contributed by atoms with E-state index in [-0.39, 0.29) is 31.3 Å². The predicted octanol–water partition coefficient (Wildman–Crippen LogP) is 0.878. The molecule has 32 heavy (non-hydrogen) atoms. The normalized spacial score (nSPS) is 17.4. The molecule has 168 valence electrons. The topological polar surface area (TPSA) is 140 Å². The Bertz CT molecular complexity index is 1200. The monoisotopic (exact) mass is 454 g/mol. The summed E-state index contributed by atoms with van der Waals surface area (Å²) in [6.07, 6.45) is 0.754. The van der Waals surface area contributed by atoms with Gasteiger partial charge < -0.3 is 20.8 Å². The molecule has 1 aliphatic heterocycles. The standard InChI is InChI=1S/C22H26N6O3S/c23-10-14-4-1-2-5-15(14)11-28-21(31)19-18(17(13-32-19)20(30)25-7-9-29)26-22(28)27-8-3-6-16(24)12-27/h1-2,4-5,13,16,20,25,29-30H,3,6-9,11-12,24H2/t16-,20?/m1/s1. The summed E-state index contributed by atoms with van der Waals surface area (Å²) in [6.45, 7) is 1.60. The lowest BCUT2D eigenvalue weighted by molar-refractivity contribution is 0.131. The number of hydrogen-bond acceptors (Lipinski definition) is 9. The van der Waals surface area contributed by atoms with Gasteiger partial charge in [-0.05, 0) is 24.5 Å². The number of thiophene rings is 1. The Kier molecular flexibility index (Phi) is 6.83. The second-order valence-corrected chi connectivity index (χ2v) is 8.75. The minimum absolute atomic E-state index is 0.0186. The molecule has 1 aromatic carbocycles. The van der Waals surface area contributed by atoms with Gasteiger partial charge in [-0.25, -0.2) is 4.98 Å². The van der Waals surface area contributed by atoms with E-state index in [0.29, 0.717) is 33.8 Å². The number of aliphatic hydroxyl groups is 2. The van der Waals surface area contributed by atoms with Crippen molar-refractivity contribution < 1.29 is 10.2 Å². The minimum Gasteiger partial charge on any atom is -0.395 e. The number of benzene rings is 1. The lowest BCUT2D eigenvalue weighted by atomic mass is 10.1. The molecule has 5 N–H and O–H groups in total. The average molecular weight is 455 g/mol. The van der Waals surface area contributed by atoms with Crippen molar-refractivity contribution >= 4 is 27.5 Å². The van der Waals surface area contributed by atoms with Gasteiger partial charge in [0.15, 0.2) is 0 Å². The second-order valence-electron chi connectivity index (χ2n) is 7.87. The third-order valence-corrected chi connectivity index (χ3v) is 6.61. The van der Waals surface area contributed by atoms with Crippen molar-refractivity contribution in [2.75, 3.05) is 31.1 Å². The molecule has 3 aromatic rings. The molecule has 2 atom stereocenters.